The summed E-state index contributed by atoms with van der Waals surface area (Å²) in [4.78, 5) is 25.1. The van der Waals surface area contributed by atoms with Crippen LogP contribution in [0.2, 0.25) is 0 Å². The maximum absolute atomic E-state index is 12.0. The van der Waals surface area contributed by atoms with Gasteiger partial charge >= 0.3 is 0 Å². The van der Waals surface area contributed by atoms with Crippen molar-refractivity contribution in [1.82, 2.24) is 0 Å². The van der Waals surface area contributed by atoms with E-state index in [2.05, 4.69) is 0 Å². The minimum atomic E-state index is -0.562. The molecule has 1 aliphatic rings. The van der Waals surface area contributed by atoms with Crippen LogP contribution in [0, 0.1) is 13.8 Å². The molecule has 1 atom stereocenters. The second-order valence-corrected chi connectivity index (χ2v) is 4.50. The van der Waals surface area contributed by atoms with Crippen molar-refractivity contribution in [3.05, 3.63) is 29.3 Å². The summed E-state index contributed by atoms with van der Waals surface area (Å²) in [6, 6.07) is 5.15. The summed E-state index contributed by atoms with van der Waals surface area (Å²) in [6.07, 6.45) is 0.777. The van der Waals surface area contributed by atoms with Gasteiger partial charge < -0.3 is 5.73 Å². The molecule has 4 nitrogen and oxygen atoms in total. The second-order valence-electron chi connectivity index (χ2n) is 4.50. The highest BCUT2D eigenvalue weighted by Gasteiger charge is 2.33. The van der Waals surface area contributed by atoms with Crippen LogP contribution in [0.25, 0.3) is 0 Å². The van der Waals surface area contributed by atoms with E-state index < -0.39 is 6.04 Å². The standard InChI is InChI=1S/C13H16N2O2/c1-8-3-4-9(2)11(7-8)15-12(16)6-5-10(14)13(15)17/h3-4,7,10H,5-6,14H2,1-2H3. The Morgan fingerprint density at radius 3 is 2.71 bits per heavy atom. The van der Waals surface area contributed by atoms with Gasteiger partial charge in [0.15, 0.2) is 0 Å². The van der Waals surface area contributed by atoms with Crippen LogP contribution in [0.4, 0.5) is 5.69 Å². The first-order valence-electron chi connectivity index (χ1n) is 5.70. The molecule has 0 spiro atoms. The van der Waals surface area contributed by atoms with Gasteiger partial charge in [0.25, 0.3) is 5.91 Å². The average Bonchev–Trinajstić information content (AvgIpc) is 2.29. The van der Waals surface area contributed by atoms with Crippen LogP contribution in [0.15, 0.2) is 18.2 Å². The van der Waals surface area contributed by atoms with Crippen molar-refractivity contribution in [2.24, 2.45) is 5.73 Å². The summed E-state index contributed by atoms with van der Waals surface area (Å²) in [5.74, 6) is -0.458. The SMILES string of the molecule is Cc1ccc(C)c(N2C(=O)CCC(N)C2=O)c1. The molecule has 2 amide bonds. The number of amides is 2. The van der Waals surface area contributed by atoms with E-state index in [1.54, 1.807) is 0 Å². The fourth-order valence-corrected chi connectivity index (χ4v) is 2.02. The van der Waals surface area contributed by atoms with Crippen LogP contribution in [0.5, 0.6) is 0 Å². The smallest absolute Gasteiger partial charge is 0.250 e. The van der Waals surface area contributed by atoms with Gasteiger partial charge in [-0.05, 0) is 37.5 Å². The Morgan fingerprint density at radius 2 is 2.00 bits per heavy atom. The van der Waals surface area contributed by atoms with E-state index in [1.807, 2.05) is 32.0 Å². The highest BCUT2D eigenvalue weighted by Crippen LogP contribution is 2.26. The Hall–Kier alpha value is -1.68. The number of hydrogen-bond donors (Lipinski definition) is 1. The minimum absolute atomic E-state index is 0.162. The molecule has 4 heteroatoms. The third-order valence-corrected chi connectivity index (χ3v) is 3.06. The molecular formula is C13H16N2O2. The molecule has 1 aromatic carbocycles. The van der Waals surface area contributed by atoms with E-state index in [9.17, 15) is 9.59 Å². The van der Waals surface area contributed by atoms with Crippen LogP contribution in [0.3, 0.4) is 0 Å². The number of carbonyl (C=O) groups excluding carboxylic acids is 2. The van der Waals surface area contributed by atoms with Gasteiger partial charge in [-0.15, -0.1) is 0 Å². The van der Waals surface area contributed by atoms with Gasteiger partial charge in [-0.25, -0.2) is 4.90 Å². The topological polar surface area (TPSA) is 63.4 Å². The third kappa shape index (κ3) is 2.08. The molecule has 0 aromatic heterocycles. The molecule has 0 radical (unpaired) electrons. The van der Waals surface area contributed by atoms with E-state index in [0.29, 0.717) is 18.5 Å². The lowest BCUT2D eigenvalue weighted by atomic mass is 10.0. The normalized spacial score (nSPS) is 20.9. The van der Waals surface area contributed by atoms with Crippen LogP contribution < -0.4 is 10.6 Å². The second kappa shape index (κ2) is 4.30. The average molecular weight is 232 g/mol. The molecule has 1 heterocycles. The number of benzene rings is 1. The number of carbonyl (C=O) groups is 2. The van der Waals surface area contributed by atoms with Crippen molar-refractivity contribution < 1.29 is 9.59 Å². The Labute approximate surface area is 100 Å². The lowest BCUT2D eigenvalue weighted by Crippen LogP contribution is -2.51. The zero-order chi connectivity index (χ0) is 12.6. The molecule has 2 rings (SSSR count). The fraction of sp³-hybridized carbons (Fsp3) is 0.385. The first-order valence-corrected chi connectivity index (χ1v) is 5.70. The van der Waals surface area contributed by atoms with Crippen molar-refractivity contribution in [1.29, 1.82) is 0 Å². The number of aryl methyl sites for hydroxylation is 2. The molecular weight excluding hydrogens is 216 g/mol. The summed E-state index contributed by atoms with van der Waals surface area (Å²) < 4.78 is 0. The number of nitrogens with two attached hydrogens (primary N) is 1. The number of piperidine rings is 1. The summed E-state index contributed by atoms with van der Waals surface area (Å²) in [5, 5.41) is 0. The lowest BCUT2D eigenvalue weighted by molar-refractivity contribution is -0.130. The van der Waals surface area contributed by atoms with E-state index in [1.165, 1.54) is 4.90 Å². The summed E-state index contributed by atoms with van der Waals surface area (Å²) in [5.41, 5.74) is 8.30. The summed E-state index contributed by atoms with van der Waals surface area (Å²) in [6.45, 7) is 3.82. The van der Waals surface area contributed by atoms with Crippen LogP contribution in [-0.4, -0.2) is 17.9 Å². The van der Waals surface area contributed by atoms with Crippen molar-refractivity contribution in [3.8, 4) is 0 Å². The number of hydrogen-bond acceptors (Lipinski definition) is 3. The molecule has 1 aliphatic heterocycles. The van der Waals surface area contributed by atoms with Gasteiger partial charge in [-0.1, -0.05) is 12.1 Å². The van der Waals surface area contributed by atoms with Crippen molar-refractivity contribution in [2.45, 2.75) is 32.7 Å². The molecule has 2 N–H and O–H groups in total. The van der Waals surface area contributed by atoms with Crippen molar-refractivity contribution in [3.63, 3.8) is 0 Å². The molecule has 1 saturated heterocycles. The maximum atomic E-state index is 12.0. The molecule has 1 fully saturated rings. The van der Waals surface area contributed by atoms with Gasteiger partial charge in [0, 0.05) is 6.42 Å². The van der Waals surface area contributed by atoms with Crippen molar-refractivity contribution in [2.75, 3.05) is 4.90 Å². The third-order valence-electron chi connectivity index (χ3n) is 3.06. The predicted molar refractivity (Wildman–Crippen MR) is 65.6 cm³/mol. The minimum Gasteiger partial charge on any atom is -0.320 e. The number of rotatable bonds is 1. The maximum Gasteiger partial charge on any atom is 0.250 e. The predicted octanol–water partition coefficient (Wildman–Crippen LogP) is 1.28. The van der Waals surface area contributed by atoms with Gasteiger partial charge in [0.2, 0.25) is 5.91 Å². The summed E-state index contributed by atoms with van der Waals surface area (Å²) in [7, 11) is 0. The zero-order valence-electron chi connectivity index (χ0n) is 10.1. The van der Waals surface area contributed by atoms with Gasteiger partial charge in [-0.3, -0.25) is 9.59 Å². The quantitative estimate of drug-likeness (QED) is 0.742. The molecule has 1 unspecified atom stereocenters. The molecule has 0 bridgehead atoms. The zero-order valence-corrected chi connectivity index (χ0v) is 10.1. The molecule has 1 aromatic rings. The van der Waals surface area contributed by atoms with Gasteiger partial charge in [0.05, 0.1) is 11.7 Å². The molecule has 17 heavy (non-hydrogen) atoms. The van der Waals surface area contributed by atoms with Gasteiger partial charge in [0.1, 0.15) is 0 Å². The van der Waals surface area contributed by atoms with Crippen LogP contribution >= 0.6 is 0 Å². The fourth-order valence-electron chi connectivity index (χ4n) is 2.02. The van der Waals surface area contributed by atoms with Crippen LogP contribution in [0.1, 0.15) is 24.0 Å². The Kier molecular flexibility index (Phi) is 2.98. The van der Waals surface area contributed by atoms with E-state index >= 15 is 0 Å². The molecule has 0 saturated carbocycles. The Balaban J connectivity index is 2.46. The summed E-state index contributed by atoms with van der Waals surface area (Å²) >= 11 is 0. The highest BCUT2D eigenvalue weighted by molar-refractivity contribution is 6.18. The highest BCUT2D eigenvalue weighted by atomic mass is 16.2. The Bertz CT molecular complexity index is 482. The number of nitrogens with zero attached hydrogens (tertiary/aromatic N) is 1. The molecule has 0 aliphatic carbocycles. The largest absolute Gasteiger partial charge is 0.320 e. The van der Waals surface area contributed by atoms with E-state index in [-0.39, 0.29) is 11.8 Å². The first kappa shape index (κ1) is 11.8. The lowest BCUT2D eigenvalue weighted by Gasteiger charge is -2.29. The van der Waals surface area contributed by atoms with E-state index in [4.69, 9.17) is 5.73 Å². The van der Waals surface area contributed by atoms with Crippen molar-refractivity contribution >= 4 is 17.5 Å². The monoisotopic (exact) mass is 232 g/mol. The molecule has 90 valence electrons. The number of anilines is 1. The Morgan fingerprint density at radius 1 is 1.29 bits per heavy atom. The van der Waals surface area contributed by atoms with Crippen LogP contribution in [-0.2, 0) is 9.59 Å². The first-order chi connectivity index (χ1) is 8.00. The number of imide groups is 1. The van der Waals surface area contributed by atoms with Gasteiger partial charge in [-0.2, -0.15) is 0 Å². The van der Waals surface area contributed by atoms with E-state index in [0.717, 1.165) is 11.1 Å².